The molecule has 0 amide bonds. The first kappa shape index (κ1) is 10.2. The molecule has 3 nitrogen and oxygen atoms in total. The van der Waals surface area contributed by atoms with E-state index in [1.54, 1.807) is 12.3 Å². The van der Waals surface area contributed by atoms with Gasteiger partial charge < -0.3 is 5.73 Å². The molecule has 2 N–H and O–H groups in total. The number of hydrogen-bond donors (Lipinski definition) is 1. The predicted molar refractivity (Wildman–Crippen MR) is 63.4 cm³/mol. The summed E-state index contributed by atoms with van der Waals surface area (Å²) in [7, 11) is 0. The average molecular weight is 209 g/mol. The van der Waals surface area contributed by atoms with E-state index in [9.17, 15) is 0 Å². The first-order chi connectivity index (χ1) is 7.81. The summed E-state index contributed by atoms with van der Waals surface area (Å²) in [6.45, 7) is 0. The van der Waals surface area contributed by atoms with Crippen molar-refractivity contribution < 1.29 is 0 Å². The van der Waals surface area contributed by atoms with Crippen LogP contribution in [0.25, 0.3) is 11.3 Å². The first-order valence-corrected chi connectivity index (χ1v) is 4.98. The van der Waals surface area contributed by atoms with E-state index in [1.165, 1.54) is 0 Å². The van der Waals surface area contributed by atoms with Crippen LogP contribution in [0.4, 0.5) is 5.69 Å². The lowest BCUT2D eigenvalue weighted by atomic mass is 10.0. The first-order valence-electron chi connectivity index (χ1n) is 4.98. The fourth-order valence-electron chi connectivity index (χ4n) is 1.60. The van der Waals surface area contributed by atoms with Crippen molar-refractivity contribution in [3.63, 3.8) is 0 Å². The largest absolute Gasteiger partial charge is 0.397 e. The number of nitrogens with zero attached hydrogens (tertiary/aromatic N) is 2. The summed E-state index contributed by atoms with van der Waals surface area (Å²) in [6, 6.07) is 13.7. The fourth-order valence-corrected chi connectivity index (χ4v) is 1.60. The standard InChI is InChI=1S/C13H11N3/c14-7-6-11-8-12(15)9-16-13(11)10-4-2-1-3-5-10/h1-5,8-9H,6,15H2. The number of nitrogens with two attached hydrogens (primary N) is 1. The summed E-state index contributed by atoms with van der Waals surface area (Å²) in [4.78, 5) is 4.29. The van der Waals surface area contributed by atoms with Crippen molar-refractivity contribution in [2.75, 3.05) is 5.73 Å². The highest BCUT2D eigenvalue weighted by molar-refractivity contribution is 5.65. The minimum absolute atomic E-state index is 0.322. The van der Waals surface area contributed by atoms with Crippen LogP contribution in [-0.4, -0.2) is 4.98 Å². The predicted octanol–water partition coefficient (Wildman–Crippen LogP) is 2.40. The average Bonchev–Trinajstić information content (AvgIpc) is 2.31. The number of rotatable bonds is 2. The summed E-state index contributed by atoms with van der Waals surface area (Å²) >= 11 is 0. The van der Waals surface area contributed by atoms with Gasteiger partial charge in [0.1, 0.15) is 0 Å². The molecular weight excluding hydrogens is 198 g/mol. The lowest BCUT2D eigenvalue weighted by molar-refractivity contribution is 1.20. The Morgan fingerprint density at radius 1 is 1.25 bits per heavy atom. The molecule has 0 fully saturated rings. The maximum atomic E-state index is 8.76. The van der Waals surface area contributed by atoms with Gasteiger partial charge in [-0.3, -0.25) is 4.98 Å². The SMILES string of the molecule is N#CCc1cc(N)cnc1-c1ccccc1. The van der Waals surface area contributed by atoms with Crippen molar-refractivity contribution in [2.24, 2.45) is 0 Å². The molecule has 16 heavy (non-hydrogen) atoms. The lowest BCUT2D eigenvalue weighted by Gasteiger charge is -2.06. The van der Waals surface area contributed by atoms with E-state index in [1.807, 2.05) is 30.3 Å². The van der Waals surface area contributed by atoms with Crippen LogP contribution in [-0.2, 0) is 6.42 Å². The molecule has 2 rings (SSSR count). The van der Waals surface area contributed by atoms with Gasteiger partial charge in [0.05, 0.1) is 30.1 Å². The van der Waals surface area contributed by atoms with Gasteiger partial charge in [-0.05, 0) is 11.6 Å². The summed E-state index contributed by atoms with van der Waals surface area (Å²) in [5, 5.41) is 8.76. The van der Waals surface area contributed by atoms with Crippen molar-refractivity contribution in [1.29, 1.82) is 5.26 Å². The van der Waals surface area contributed by atoms with Crippen LogP contribution < -0.4 is 5.73 Å². The highest BCUT2D eigenvalue weighted by Gasteiger charge is 2.06. The fraction of sp³-hybridized carbons (Fsp3) is 0.0769. The van der Waals surface area contributed by atoms with Crippen molar-refractivity contribution in [3.05, 3.63) is 48.2 Å². The van der Waals surface area contributed by atoms with Gasteiger partial charge in [-0.15, -0.1) is 0 Å². The number of nitriles is 1. The maximum Gasteiger partial charge on any atom is 0.0746 e. The van der Waals surface area contributed by atoms with Crippen LogP contribution in [0.3, 0.4) is 0 Å². The molecule has 1 aromatic carbocycles. The van der Waals surface area contributed by atoms with Gasteiger partial charge in [0.25, 0.3) is 0 Å². The molecule has 0 aliphatic heterocycles. The minimum atomic E-state index is 0.322. The third kappa shape index (κ3) is 2.01. The highest BCUT2D eigenvalue weighted by Crippen LogP contribution is 2.22. The Labute approximate surface area is 94.2 Å². The second-order valence-corrected chi connectivity index (χ2v) is 3.48. The normalized spacial score (nSPS) is 9.69. The van der Waals surface area contributed by atoms with E-state index in [4.69, 9.17) is 11.0 Å². The van der Waals surface area contributed by atoms with Gasteiger partial charge in [0, 0.05) is 5.56 Å². The van der Waals surface area contributed by atoms with Gasteiger partial charge in [-0.2, -0.15) is 5.26 Å². The van der Waals surface area contributed by atoms with Gasteiger partial charge in [0.2, 0.25) is 0 Å². The molecule has 0 aliphatic carbocycles. The van der Waals surface area contributed by atoms with Gasteiger partial charge >= 0.3 is 0 Å². The quantitative estimate of drug-likeness (QED) is 0.826. The third-order valence-corrected chi connectivity index (χ3v) is 2.30. The molecule has 1 aromatic heterocycles. The molecule has 2 aromatic rings. The maximum absolute atomic E-state index is 8.76. The monoisotopic (exact) mass is 209 g/mol. The van der Waals surface area contributed by atoms with E-state index < -0.39 is 0 Å². The minimum Gasteiger partial charge on any atom is -0.397 e. The lowest BCUT2D eigenvalue weighted by Crippen LogP contribution is -1.95. The second kappa shape index (κ2) is 4.45. The Morgan fingerprint density at radius 3 is 2.69 bits per heavy atom. The van der Waals surface area contributed by atoms with Crippen molar-refractivity contribution >= 4 is 5.69 Å². The van der Waals surface area contributed by atoms with Crippen molar-refractivity contribution in [1.82, 2.24) is 4.98 Å². The molecule has 1 heterocycles. The molecule has 0 aliphatic rings. The van der Waals surface area contributed by atoms with Crippen molar-refractivity contribution in [3.8, 4) is 17.3 Å². The van der Waals surface area contributed by atoms with E-state index in [-0.39, 0.29) is 0 Å². The summed E-state index contributed by atoms with van der Waals surface area (Å²) in [6.07, 6.45) is 1.94. The molecule has 0 saturated heterocycles. The zero-order chi connectivity index (χ0) is 11.4. The molecule has 0 atom stereocenters. The van der Waals surface area contributed by atoms with Crippen LogP contribution in [0.15, 0.2) is 42.6 Å². The van der Waals surface area contributed by atoms with Gasteiger partial charge in [-0.25, -0.2) is 0 Å². The molecule has 3 heteroatoms. The number of hydrogen-bond acceptors (Lipinski definition) is 3. The molecule has 0 spiro atoms. The Morgan fingerprint density at radius 2 is 2.00 bits per heavy atom. The van der Waals surface area contributed by atoms with E-state index in [0.717, 1.165) is 16.8 Å². The Hall–Kier alpha value is -2.34. The Kier molecular flexibility index (Phi) is 2.84. The zero-order valence-corrected chi connectivity index (χ0v) is 8.72. The number of nitrogen functional groups attached to an aromatic ring is 1. The van der Waals surface area contributed by atoms with Crippen LogP contribution >= 0.6 is 0 Å². The van der Waals surface area contributed by atoms with Crippen LogP contribution in [0.2, 0.25) is 0 Å². The number of benzene rings is 1. The number of anilines is 1. The molecular formula is C13H11N3. The topological polar surface area (TPSA) is 62.7 Å². The Bertz CT molecular complexity index is 527. The number of pyridine rings is 1. The van der Waals surface area contributed by atoms with Crippen molar-refractivity contribution in [2.45, 2.75) is 6.42 Å². The highest BCUT2D eigenvalue weighted by atomic mass is 14.7. The van der Waals surface area contributed by atoms with E-state index in [2.05, 4.69) is 11.1 Å². The molecule has 0 bridgehead atoms. The van der Waals surface area contributed by atoms with E-state index in [0.29, 0.717) is 12.1 Å². The summed E-state index contributed by atoms with van der Waals surface area (Å²) < 4.78 is 0. The van der Waals surface area contributed by atoms with Gasteiger partial charge in [0.15, 0.2) is 0 Å². The molecule has 78 valence electrons. The summed E-state index contributed by atoms with van der Waals surface area (Å²) in [5.41, 5.74) is 8.96. The molecule has 0 unspecified atom stereocenters. The molecule has 0 radical (unpaired) electrons. The van der Waals surface area contributed by atoms with Crippen LogP contribution in [0, 0.1) is 11.3 Å². The third-order valence-electron chi connectivity index (χ3n) is 2.30. The second-order valence-electron chi connectivity index (χ2n) is 3.48. The Balaban J connectivity index is 2.53. The smallest absolute Gasteiger partial charge is 0.0746 e. The van der Waals surface area contributed by atoms with Crippen LogP contribution in [0.5, 0.6) is 0 Å². The summed E-state index contributed by atoms with van der Waals surface area (Å²) in [5.74, 6) is 0. The molecule has 0 saturated carbocycles. The number of aromatic nitrogens is 1. The van der Waals surface area contributed by atoms with Gasteiger partial charge in [-0.1, -0.05) is 30.3 Å². The zero-order valence-electron chi connectivity index (χ0n) is 8.72. The van der Waals surface area contributed by atoms with Crippen LogP contribution in [0.1, 0.15) is 5.56 Å². The van der Waals surface area contributed by atoms with E-state index >= 15 is 0 Å².